The van der Waals surface area contributed by atoms with E-state index >= 15 is 0 Å². The highest BCUT2D eigenvalue weighted by Crippen LogP contribution is 2.13. The Morgan fingerprint density at radius 1 is 1.29 bits per heavy atom. The number of carboxylic acids is 1. The van der Waals surface area contributed by atoms with E-state index in [-0.39, 0.29) is 6.42 Å². The Hall–Kier alpha value is -1.56. The highest BCUT2D eigenvalue weighted by Gasteiger charge is 2.29. The molecule has 1 rings (SSSR count). The Kier molecular flexibility index (Phi) is 4.51. The molecule has 0 aliphatic rings. The summed E-state index contributed by atoms with van der Waals surface area (Å²) in [4.78, 5) is 10.8. The lowest BCUT2D eigenvalue weighted by Crippen LogP contribution is -2.43. The van der Waals surface area contributed by atoms with E-state index < -0.39 is 24.7 Å². The first-order chi connectivity index (χ1) is 7.88. The van der Waals surface area contributed by atoms with Gasteiger partial charge in [0.05, 0.1) is 6.54 Å². The number of hydrogen-bond donors (Lipinski definition) is 2. The second kappa shape index (κ2) is 5.67. The van der Waals surface area contributed by atoms with Crippen LogP contribution in [0.5, 0.6) is 0 Å². The molecular formula is C11H12F3NO2. The summed E-state index contributed by atoms with van der Waals surface area (Å²) < 4.78 is 35.9. The molecule has 0 radical (unpaired) electrons. The molecule has 1 atom stereocenters. The Morgan fingerprint density at radius 2 is 1.88 bits per heavy atom. The van der Waals surface area contributed by atoms with Crippen LogP contribution in [0.1, 0.15) is 5.56 Å². The van der Waals surface area contributed by atoms with Crippen molar-refractivity contribution in [1.29, 1.82) is 0 Å². The van der Waals surface area contributed by atoms with E-state index in [0.717, 1.165) is 0 Å². The van der Waals surface area contributed by atoms with E-state index in [0.29, 0.717) is 5.56 Å². The van der Waals surface area contributed by atoms with Gasteiger partial charge in [-0.05, 0) is 12.0 Å². The van der Waals surface area contributed by atoms with E-state index in [1.165, 1.54) is 0 Å². The third-order valence-corrected chi connectivity index (χ3v) is 2.13. The number of aliphatic carboxylic acids is 1. The van der Waals surface area contributed by atoms with Gasteiger partial charge in [-0.1, -0.05) is 30.3 Å². The van der Waals surface area contributed by atoms with Gasteiger partial charge in [-0.25, -0.2) is 0 Å². The molecule has 2 N–H and O–H groups in total. The second-order valence-corrected chi connectivity index (χ2v) is 3.58. The van der Waals surface area contributed by atoms with Crippen molar-refractivity contribution in [3.63, 3.8) is 0 Å². The summed E-state index contributed by atoms with van der Waals surface area (Å²) in [7, 11) is 0. The number of alkyl halides is 3. The van der Waals surface area contributed by atoms with Crippen molar-refractivity contribution < 1.29 is 23.1 Å². The van der Waals surface area contributed by atoms with Gasteiger partial charge in [0.1, 0.15) is 6.04 Å². The highest BCUT2D eigenvalue weighted by atomic mass is 19.4. The van der Waals surface area contributed by atoms with Gasteiger partial charge >= 0.3 is 12.1 Å². The van der Waals surface area contributed by atoms with E-state index in [1.54, 1.807) is 30.3 Å². The van der Waals surface area contributed by atoms with E-state index in [2.05, 4.69) is 0 Å². The van der Waals surface area contributed by atoms with Crippen LogP contribution in [0.4, 0.5) is 13.2 Å². The first kappa shape index (κ1) is 13.5. The molecule has 3 nitrogen and oxygen atoms in total. The Labute approximate surface area is 96.3 Å². The van der Waals surface area contributed by atoms with Crippen molar-refractivity contribution in [1.82, 2.24) is 5.32 Å². The molecule has 0 aliphatic carbocycles. The van der Waals surface area contributed by atoms with Crippen molar-refractivity contribution in [3.8, 4) is 0 Å². The van der Waals surface area contributed by atoms with Crippen LogP contribution >= 0.6 is 0 Å². The molecule has 1 aromatic rings. The molecule has 0 saturated carbocycles. The normalized spacial score (nSPS) is 13.4. The number of carboxylic acid groups (broad SMARTS) is 1. The van der Waals surface area contributed by atoms with Crippen molar-refractivity contribution in [2.75, 3.05) is 6.54 Å². The maximum atomic E-state index is 12.0. The summed E-state index contributed by atoms with van der Waals surface area (Å²) >= 11 is 0. The van der Waals surface area contributed by atoms with Crippen molar-refractivity contribution >= 4 is 5.97 Å². The monoisotopic (exact) mass is 247 g/mol. The zero-order valence-electron chi connectivity index (χ0n) is 8.87. The lowest BCUT2D eigenvalue weighted by atomic mass is 10.1. The lowest BCUT2D eigenvalue weighted by Gasteiger charge is -2.15. The summed E-state index contributed by atoms with van der Waals surface area (Å²) in [5, 5.41) is 10.8. The van der Waals surface area contributed by atoms with Gasteiger partial charge < -0.3 is 5.11 Å². The molecule has 94 valence electrons. The Morgan fingerprint density at radius 3 is 2.35 bits per heavy atom. The average molecular weight is 247 g/mol. The standard InChI is InChI=1S/C11H12F3NO2/c12-11(13,14)7-15-9(10(16)17)6-8-4-2-1-3-5-8/h1-5,9,15H,6-7H2,(H,16,17)/t9-/m0/s1. The lowest BCUT2D eigenvalue weighted by molar-refractivity contribution is -0.143. The third-order valence-electron chi connectivity index (χ3n) is 2.13. The van der Waals surface area contributed by atoms with Crippen LogP contribution < -0.4 is 5.32 Å². The molecule has 17 heavy (non-hydrogen) atoms. The highest BCUT2D eigenvalue weighted by molar-refractivity contribution is 5.73. The summed E-state index contributed by atoms with van der Waals surface area (Å²) in [6.07, 6.45) is -4.39. The molecule has 0 amide bonds. The van der Waals surface area contributed by atoms with Crippen LogP contribution in [0.15, 0.2) is 30.3 Å². The Bertz CT molecular complexity index is 365. The SMILES string of the molecule is O=C(O)[C@H](Cc1ccccc1)NCC(F)(F)F. The number of nitrogens with one attached hydrogen (secondary N) is 1. The van der Waals surface area contributed by atoms with Crippen molar-refractivity contribution in [2.24, 2.45) is 0 Å². The molecule has 6 heteroatoms. The van der Waals surface area contributed by atoms with Crippen molar-refractivity contribution in [2.45, 2.75) is 18.6 Å². The summed E-state index contributed by atoms with van der Waals surface area (Å²) in [6, 6.07) is 7.27. The molecule has 0 saturated heterocycles. The molecule has 0 fully saturated rings. The third kappa shape index (κ3) is 5.35. The van der Waals surface area contributed by atoms with Gasteiger partial charge in [0.2, 0.25) is 0 Å². The van der Waals surface area contributed by atoms with Gasteiger partial charge in [-0.2, -0.15) is 13.2 Å². The van der Waals surface area contributed by atoms with Crippen molar-refractivity contribution in [3.05, 3.63) is 35.9 Å². The number of hydrogen-bond acceptors (Lipinski definition) is 2. The van der Waals surface area contributed by atoms with Gasteiger partial charge in [0.25, 0.3) is 0 Å². The van der Waals surface area contributed by atoms with E-state index in [9.17, 15) is 18.0 Å². The van der Waals surface area contributed by atoms with Crippen LogP contribution in [-0.4, -0.2) is 29.8 Å². The molecule has 0 unspecified atom stereocenters. The fourth-order valence-corrected chi connectivity index (χ4v) is 1.34. The first-order valence-corrected chi connectivity index (χ1v) is 4.95. The van der Waals surface area contributed by atoms with Gasteiger partial charge in [-0.15, -0.1) is 0 Å². The van der Waals surface area contributed by atoms with Crippen LogP contribution in [0.3, 0.4) is 0 Å². The zero-order chi connectivity index (χ0) is 12.9. The van der Waals surface area contributed by atoms with E-state index in [4.69, 9.17) is 5.11 Å². The quantitative estimate of drug-likeness (QED) is 0.834. The minimum Gasteiger partial charge on any atom is -0.480 e. The fraction of sp³-hybridized carbons (Fsp3) is 0.364. The van der Waals surface area contributed by atoms with Gasteiger partial charge in [0, 0.05) is 0 Å². The molecule has 0 heterocycles. The van der Waals surface area contributed by atoms with Crippen LogP contribution in [-0.2, 0) is 11.2 Å². The minimum atomic E-state index is -4.41. The van der Waals surface area contributed by atoms with Crippen LogP contribution in [0.2, 0.25) is 0 Å². The number of benzene rings is 1. The summed E-state index contributed by atoms with van der Waals surface area (Å²) in [5.74, 6) is -1.29. The van der Waals surface area contributed by atoms with Crippen LogP contribution in [0.25, 0.3) is 0 Å². The van der Waals surface area contributed by atoms with Gasteiger partial charge in [-0.3, -0.25) is 10.1 Å². The predicted octanol–water partition coefficient (Wildman–Crippen LogP) is 1.83. The average Bonchev–Trinajstić information content (AvgIpc) is 2.24. The molecule has 0 aromatic heterocycles. The number of halogens is 3. The fourth-order valence-electron chi connectivity index (χ4n) is 1.34. The summed E-state index contributed by atoms with van der Waals surface area (Å²) in [6.45, 7) is -1.31. The second-order valence-electron chi connectivity index (χ2n) is 3.58. The largest absolute Gasteiger partial charge is 0.480 e. The van der Waals surface area contributed by atoms with Crippen LogP contribution in [0, 0.1) is 0 Å². The maximum absolute atomic E-state index is 12.0. The number of rotatable bonds is 5. The molecule has 0 bridgehead atoms. The Balaban J connectivity index is 2.59. The molecule has 0 aliphatic heterocycles. The topological polar surface area (TPSA) is 49.3 Å². The smallest absolute Gasteiger partial charge is 0.401 e. The molecule has 1 aromatic carbocycles. The minimum absolute atomic E-state index is 0.0201. The van der Waals surface area contributed by atoms with E-state index in [1.807, 2.05) is 5.32 Å². The zero-order valence-corrected chi connectivity index (χ0v) is 8.87. The molecule has 0 spiro atoms. The maximum Gasteiger partial charge on any atom is 0.401 e. The molecular weight excluding hydrogens is 235 g/mol. The summed E-state index contributed by atoms with van der Waals surface area (Å²) in [5.41, 5.74) is 0.676. The van der Waals surface area contributed by atoms with Gasteiger partial charge in [0.15, 0.2) is 0 Å². The predicted molar refractivity (Wildman–Crippen MR) is 55.6 cm³/mol. The number of carbonyl (C=O) groups is 1. The first-order valence-electron chi connectivity index (χ1n) is 4.95.